The van der Waals surface area contributed by atoms with Crippen molar-refractivity contribution in [3.8, 4) is 11.3 Å². The lowest BCUT2D eigenvalue weighted by Crippen LogP contribution is -2.19. The number of carbonyl (C=O) groups excluding carboxylic acids is 1. The van der Waals surface area contributed by atoms with Crippen molar-refractivity contribution in [1.82, 2.24) is 9.72 Å². The summed E-state index contributed by atoms with van der Waals surface area (Å²) in [6, 6.07) is 10.1. The molecule has 6 nitrogen and oxygen atoms in total. The summed E-state index contributed by atoms with van der Waals surface area (Å²) in [5.74, 6) is -1.08. The summed E-state index contributed by atoms with van der Waals surface area (Å²) in [6.45, 7) is 5.71. The van der Waals surface area contributed by atoms with Crippen LogP contribution in [0.3, 0.4) is 0 Å². The fraction of sp³-hybridized carbons (Fsp3) is 0.160. The maximum absolute atomic E-state index is 13.9. The molecule has 9 heteroatoms. The Kier molecular flexibility index (Phi) is 6.34. The van der Waals surface area contributed by atoms with E-state index >= 15 is 0 Å². The third kappa shape index (κ3) is 4.37. The predicted molar refractivity (Wildman–Crippen MR) is 134 cm³/mol. The van der Waals surface area contributed by atoms with Gasteiger partial charge in [-0.1, -0.05) is 72.9 Å². The Morgan fingerprint density at radius 1 is 1.09 bits per heavy atom. The molecular weight excluding hydrogens is 499 g/mol. The molecule has 0 saturated heterocycles. The number of carboxylic acids is 1. The normalized spacial score (nSPS) is 12.1. The average molecular weight is 518 g/mol. The molecular formula is C25H19Cl3N2O4. The minimum Gasteiger partial charge on any atom is -0.478 e. The summed E-state index contributed by atoms with van der Waals surface area (Å²) in [5.41, 5.74) is 1.49. The molecule has 2 heterocycles. The highest BCUT2D eigenvalue weighted by Gasteiger charge is 2.34. The van der Waals surface area contributed by atoms with Crippen LogP contribution in [-0.2, 0) is 10.2 Å². The highest BCUT2D eigenvalue weighted by atomic mass is 35.5. The van der Waals surface area contributed by atoms with Crippen LogP contribution in [0, 0.1) is 0 Å². The number of carbonyl (C=O) groups is 2. The molecule has 0 aliphatic carbocycles. The molecule has 0 atom stereocenters. The number of hydrogen-bond donors (Lipinski definition) is 1. The van der Waals surface area contributed by atoms with Crippen LogP contribution in [0.5, 0.6) is 0 Å². The van der Waals surface area contributed by atoms with Gasteiger partial charge in [-0.25, -0.2) is 4.79 Å². The van der Waals surface area contributed by atoms with Crippen molar-refractivity contribution in [3.63, 3.8) is 0 Å². The van der Waals surface area contributed by atoms with Crippen LogP contribution in [0.4, 0.5) is 0 Å². The van der Waals surface area contributed by atoms with E-state index in [1.807, 2.05) is 20.8 Å². The first-order chi connectivity index (χ1) is 16.0. The van der Waals surface area contributed by atoms with E-state index < -0.39 is 17.3 Å². The molecule has 1 N–H and O–H groups in total. The summed E-state index contributed by atoms with van der Waals surface area (Å²) in [7, 11) is 0. The SMILES string of the molecule is CC(C)(C)c1onc(-c2c(Cl)cc(Cl)cc2Cl)c1C(=O)n1ccc2c(/C=C/C(=O)O)cccc21. The number of rotatable bonds is 4. The van der Waals surface area contributed by atoms with Gasteiger partial charge in [0, 0.05) is 33.7 Å². The summed E-state index contributed by atoms with van der Waals surface area (Å²) in [6.07, 6.45) is 4.16. The summed E-state index contributed by atoms with van der Waals surface area (Å²) < 4.78 is 7.13. The molecule has 0 saturated carbocycles. The van der Waals surface area contributed by atoms with Crippen LogP contribution in [-0.4, -0.2) is 26.7 Å². The number of halogens is 3. The number of nitrogens with zero attached hydrogens (tertiary/aromatic N) is 2. The molecule has 0 aliphatic heterocycles. The van der Waals surface area contributed by atoms with Crippen LogP contribution >= 0.6 is 34.8 Å². The quantitative estimate of drug-likeness (QED) is 0.286. The fourth-order valence-corrected chi connectivity index (χ4v) is 4.73. The highest BCUT2D eigenvalue weighted by Crippen LogP contribution is 2.41. The number of benzene rings is 2. The van der Waals surface area contributed by atoms with E-state index in [0.717, 1.165) is 6.08 Å². The van der Waals surface area contributed by atoms with Crippen molar-refractivity contribution in [3.05, 3.63) is 80.6 Å². The highest BCUT2D eigenvalue weighted by molar-refractivity contribution is 6.42. The summed E-state index contributed by atoms with van der Waals surface area (Å²) >= 11 is 19.0. The van der Waals surface area contributed by atoms with Gasteiger partial charge in [0.1, 0.15) is 11.3 Å². The molecule has 174 valence electrons. The topological polar surface area (TPSA) is 85.3 Å². The first kappa shape index (κ1) is 24.1. The lowest BCUT2D eigenvalue weighted by molar-refractivity contribution is -0.131. The zero-order valence-corrected chi connectivity index (χ0v) is 20.7. The van der Waals surface area contributed by atoms with E-state index in [-0.39, 0.29) is 21.3 Å². The Morgan fingerprint density at radius 2 is 1.76 bits per heavy atom. The van der Waals surface area contributed by atoms with Gasteiger partial charge < -0.3 is 9.63 Å². The van der Waals surface area contributed by atoms with Crippen molar-refractivity contribution >= 4 is 63.7 Å². The second-order valence-electron chi connectivity index (χ2n) is 8.67. The van der Waals surface area contributed by atoms with E-state index in [9.17, 15) is 9.59 Å². The van der Waals surface area contributed by atoms with E-state index in [0.29, 0.717) is 32.8 Å². The third-order valence-electron chi connectivity index (χ3n) is 5.22. The van der Waals surface area contributed by atoms with Crippen molar-refractivity contribution in [2.45, 2.75) is 26.2 Å². The average Bonchev–Trinajstić information content (AvgIpc) is 3.36. The Hall–Kier alpha value is -3.06. The van der Waals surface area contributed by atoms with Crippen molar-refractivity contribution in [2.24, 2.45) is 0 Å². The lowest BCUT2D eigenvalue weighted by Gasteiger charge is -2.17. The molecule has 34 heavy (non-hydrogen) atoms. The minimum absolute atomic E-state index is 0.213. The summed E-state index contributed by atoms with van der Waals surface area (Å²) in [4.78, 5) is 24.9. The van der Waals surface area contributed by atoms with E-state index in [4.69, 9.17) is 44.4 Å². The Balaban J connectivity index is 1.95. The molecule has 0 amide bonds. The van der Waals surface area contributed by atoms with Crippen LogP contribution < -0.4 is 0 Å². The largest absolute Gasteiger partial charge is 0.478 e. The molecule has 2 aromatic heterocycles. The molecule has 0 radical (unpaired) electrons. The van der Waals surface area contributed by atoms with Gasteiger partial charge in [0.25, 0.3) is 5.91 Å². The lowest BCUT2D eigenvalue weighted by atomic mass is 9.88. The first-order valence-electron chi connectivity index (χ1n) is 10.2. The summed E-state index contributed by atoms with van der Waals surface area (Å²) in [5, 5.41) is 14.7. The van der Waals surface area contributed by atoms with Crippen molar-refractivity contribution in [2.75, 3.05) is 0 Å². The number of fused-ring (bicyclic) bond motifs is 1. The van der Waals surface area contributed by atoms with Crippen LogP contribution in [0.2, 0.25) is 15.1 Å². The molecule has 0 unspecified atom stereocenters. The van der Waals surface area contributed by atoms with Crippen molar-refractivity contribution in [1.29, 1.82) is 0 Å². The zero-order valence-electron chi connectivity index (χ0n) is 18.4. The second kappa shape index (κ2) is 8.95. The number of carboxylic acid groups (broad SMARTS) is 1. The van der Waals surface area contributed by atoms with Gasteiger partial charge in [-0.15, -0.1) is 0 Å². The number of aromatic nitrogens is 2. The van der Waals surface area contributed by atoms with Gasteiger partial charge in [-0.3, -0.25) is 9.36 Å². The van der Waals surface area contributed by atoms with Crippen LogP contribution in [0.25, 0.3) is 28.2 Å². The number of hydrogen-bond acceptors (Lipinski definition) is 4. The number of aliphatic carboxylic acids is 1. The van der Waals surface area contributed by atoms with E-state index in [1.54, 1.807) is 30.5 Å². The van der Waals surface area contributed by atoms with Gasteiger partial charge in [0.2, 0.25) is 0 Å². The monoisotopic (exact) mass is 516 g/mol. The minimum atomic E-state index is -1.06. The fourth-order valence-electron chi connectivity index (χ4n) is 3.73. The van der Waals surface area contributed by atoms with Gasteiger partial charge in [-0.2, -0.15) is 0 Å². The van der Waals surface area contributed by atoms with Gasteiger partial charge in [-0.05, 0) is 35.9 Å². The van der Waals surface area contributed by atoms with E-state index in [1.165, 1.54) is 22.8 Å². The van der Waals surface area contributed by atoms with Crippen LogP contribution in [0.15, 0.2) is 53.2 Å². The molecule has 4 rings (SSSR count). The Morgan fingerprint density at radius 3 is 2.38 bits per heavy atom. The van der Waals surface area contributed by atoms with Crippen molar-refractivity contribution < 1.29 is 19.2 Å². The molecule has 0 spiro atoms. The predicted octanol–water partition coefficient (Wildman–Crippen LogP) is 7.34. The first-order valence-corrected chi connectivity index (χ1v) is 11.3. The Bertz CT molecular complexity index is 1450. The van der Waals surface area contributed by atoms with Gasteiger partial charge in [0.05, 0.1) is 15.6 Å². The smallest absolute Gasteiger partial charge is 0.328 e. The van der Waals surface area contributed by atoms with Gasteiger partial charge in [0.15, 0.2) is 5.76 Å². The molecule has 0 bridgehead atoms. The maximum Gasteiger partial charge on any atom is 0.328 e. The molecule has 4 aromatic rings. The van der Waals surface area contributed by atoms with E-state index in [2.05, 4.69) is 5.16 Å². The second-order valence-corrected chi connectivity index (χ2v) is 9.92. The van der Waals surface area contributed by atoms with Gasteiger partial charge >= 0.3 is 5.97 Å². The molecule has 0 fully saturated rings. The van der Waals surface area contributed by atoms with Crippen LogP contribution in [0.1, 0.15) is 42.5 Å². The Labute approximate surface area is 210 Å². The third-order valence-corrected chi connectivity index (χ3v) is 6.04. The molecule has 0 aliphatic rings. The zero-order chi connectivity index (χ0) is 24.8. The molecule has 2 aromatic carbocycles. The maximum atomic E-state index is 13.9. The standard InChI is InChI=1S/C25H19Cl3N2O4/c1-25(2,3)23-21(22(29-34-23)20-16(27)11-14(26)12-17(20)28)24(33)30-10-9-15-13(7-8-19(31)32)5-4-6-18(15)30/h4-12H,1-3H3,(H,31,32)/b8-7+.